The smallest absolute Gasteiger partial charge is 0.223 e. The van der Waals surface area contributed by atoms with Crippen LogP contribution in [-0.4, -0.2) is 27.0 Å². The number of aryl methyl sites for hydroxylation is 1. The molecular formula is C26H29N5O. The van der Waals surface area contributed by atoms with E-state index in [1.54, 1.807) is 0 Å². The molecule has 1 saturated carbocycles. The summed E-state index contributed by atoms with van der Waals surface area (Å²) in [5.41, 5.74) is 10.1. The van der Waals surface area contributed by atoms with Gasteiger partial charge in [-0.3, -0.25) is 4.79 Å². The maximum atomic E-state index is 12.8. The molecule has 2 aromatic heterocycles. The molecule has 4 aromatic rings. The molecule has 1 aliphatic rings. The Kier molecular flexibility index (Phi) is 5.75. The molecule has 164 valence electrons. The zero-order valence-corrected chi connectivity index (χ0v) is 18.2. The van der Waals surface area contributed by atoms with E-state index in [9.17, 15) is 4.79 Å². The van der Waals surface area contributed by atoms with E-state index in [0.717, 1.165) is 60.6 Å². The number of nitrogens with zero attached hydrogens (tertiary/aromatic N) is 3. The Morgan fingerprint density at radius 2 is 1.88 bits per heavy atom. The number of nitrogens with one attached hydrogen (secondary N) is 1. The van der Waals surface area contributed by atoms with Crippen LogP contribution < -0.4 is 11.1 Å². The average molecular weight is 428 g/mol. The van der Waals surface area contributed by atoms with Gasteiger partial charge in [0.2, 0.25) is 5.91 Å². The number of carbonyl (C=O) groups is 1. The lowest BCUT2D eigenvalue weighted by molar-refractivity contribution is -0.125. The molecule has 0 saturated heterocycles. The Balaban J connectivity index is 1.18. The van der Waals surface area contributed by atoms with E-state index in [1.165, 1.54) is 5.56 Å². The number of amides is 1. The Morgan fingerprint density at radius 1 is 1.06 bits per heavy atom. The lowest BCUT2D eigenvalue weighted by Crippen LogP contribution is -2.32. The summed E-state index contributed by atoms with van der Waals surface area (Å²) < 4.78 is 2.15. The molecule has 0 bridgehead atoms. The van der Waals surface area contributed by atoms with Gasteiger partial charge in [0.1, 0.15) is 5.52 Å². The van der Waals surface area contributed by atoms with Crippen LogP contribution in [0, 0.1) is 5.92 Å². The first-order valence-corrected chi connectivity index (χ1v) is 11.5. The molecular weight excluding hydrogens is 398 g/mol. The van der Waals surface area contributed by atoms with Crippen molar-refractivity contribution in [3.05, 3.63) is 66.5 Å². The van der Waals surface area contributed by atoms with Crippen molar-refractivity contribution in [2.45, 2.75) is 44.6 Å². The molecule has 1 aliphatic carbocycles. The van der Waals surface area contributed by atoms with Crippen molar-refractivity contribution in [3.8, 4) is 0 Å². The molecule has 1 amide bonds. The second kappa shape index (κ2) is 8.99. The predicted octanol–water partition coefficient (Wildman–Crippen LogP) is 4.65. The standard InChI is InChI=1S/C26H29N5O/c27-25-23-24(21-11-4-5-14-22(21)30-25)31(17-29-23)16-7-6-15-28-26(32)20-13-8-12-19(20)18-9-2-1-3-10-18/h1-5,9-11,14,17,19-20H,6-8,12-13,15-16H2,(H2,27,30)(H,28,32)/t19-,20+/m0/s1. The number of imidazole rings is 1. The Morgan fingerprint density at radius 3 is 2.75 bits per heavy atom. The second-order valence-electron chi connectivity index (χ2n) is 8.70. The van der Waals surface area contributed by atoms with E-state index in [0.29, 0.717) is 18.3 Å². The summed E-state index contributed by atoms with van der Waals surface area (Å²) in [4.78, 5) is 21.8. The van der Waals surface area contributed by atoms with Gasteiger partial charge in [-0.2, -0.15) is 0 Å². The van der Waals surface area contributed by atoms with Gasteiger partial charge in [-0.25, -0.2) is 9.97 Å². The van der Waals surface area contributed by atoms with Crippen LogP contribution in [0.3, 0.4) is 0 Å². The Bertz CT molecular complexity index is 1230. The molecule has 2 heterocycles. The molecule has 0 radical (unpaired) electrons. The van der Waals surface area contributed by atoms with Crippen molar-refractivity contribution in [2.75, 3.05) is 12.3 Å². The molecule has 3 N–H and O–H groups in total. The van der Waals surface area contributed by atoms with Gasteiger partial charge in [-0.05, 0) is 43.2 Å². The van der Waals surface area contributed by atoms with Crippen LogP contribution in [0.15, 0.2) is 60.9 Å². The zero-order chi connectivity index (χ0) is 21.9. The first kappa shape index (κ1) is 20.5. The fourth-order valence-electron chi connectivity index (χ4n) is 5.10. The predicted molar refractivity (Wildman–Crippen MR) is 128 cm³/mol. The normalized spacial score (nSPS) is 18.4. The number of para-hydroxylation sites is 1. The van der Waals surface area contributed by atoms with Crippen molar-refractivity contribution in [1.29, 1.82) is 0 Å². The van der Waals surface area contributed by atoms with Gasteiger partial charge < -0.3 is 15.6 Å². The number of carbonyl (C=O) groups excluding carboxylic acids is 1. The van der Waals surface area contributed by atoms with E-state index in [-0.39, 0.29) is 11.8 Å². The first-order valence-electron chi connectivity index (χ1n) is 11.5. The minimum atomic E-state index is 0.0943. The van der Waals surface area contributed by atoms with E-state index in [1.807, 2.05) is 30.6 Å². The monoisotopic (exact) mass is 427 g/mol. The molecule has 6 nitrogen and oxygen atoms in total. The molecule has 0 aliphatic heterocycles. The molecule has 5 rings (SSSR count). The zero-order valence-electron chi connectivity index (χ0n) is 18.2. The van der Waals surface area contributed by atoms with Gasteiger partial charge in [0.05, 0.1) is 17.4 Å². The van der Waals surface area contributed by atoms with Crippen LogP contribution in [0.5, 0.6) is 0 Å². The minimum Gasteiger partial charge on any atom is -0.382 e. The average Bonchev–Trinajstić information content (AvgIpc) is 3.48. The number of fused-ring (bicyclic) bond motifs is 3. The molecule has 0 spiro atoms. The van der Waals surface area contributed by atoms with Gasteiger partial charge in [0.15, 0.2) is 5.82 Å². The van der Waals surface area contributed by atoms with Crippen LogP contribution >= 0.6 is 0 Å². The van der Waals surface area contributed by atoms with Crippen molar-refractivity contribution >= 4 is 33.7 Å². The maximum Gasteiger partial charge on any atom is 0.223 e. The molecule has 32 heavy (non-hydrogen) atoms. The summed E-state index contributed by atoms with van der Waals surface area (Å²) in [5.74, 6) is 1.11. The summed E-state index contributed by atoms with van der Waals surface area (Å²) in [5, 5.41) is 4.25. The highest BCUT2D eigenvalue weighted by atomic mass is 16.1. The van der Waals surface area contributed by atoms with E-state index in [4.69, 9.17) is 5.73 Å². The number of hydrogen-bond donors (Lipinski definition) is 2. The van der Waals surface area contributed by atoms with Crippen LogP contribution in [0.4, 0.5) is 5.82 Å². The maximum absolute atomic E-state index is 12.8. The third kappa shape index (κ3) is 3.93. The quantitative estimate of drug-likeness (QED) is 0.421. The van der Waals surface area contributed by atoms with Gasteiger partial charge in [0.25, 0.3) is 0 Å². The van der Waals surface area contributed by atoms with Gasteiger partial charge in [0, 0.05) is 24.4 Å². The fraction of sp³-hybridized carbons (Fsp3) is 0.346. The van der Waals surface area contributed by atoms with E-state index >= 15 is 0 Å². The third-order valence-electron chi connectivity index (χ3n) is 6.69. The number of pyridine rings is 1. The largest absolute Gasteiger partial charge is 0.382 e. The lowest BCUT2D eigenvalue weighted by Gasteiger charge is -2.19. The number of benzene rings is 2. The van der Waals surface area contributed by atoms with Gasteiger partial charge in [-0.1, -0.05) is 55.0 Å². The summed E-state index contributed by atoms with van der Waals surface area (Å²) in [6.45, 7) is 1.53. The van der Waals surface area contributed by atoms with Gasteiger partial charge in [-0.15, -0.1) is 0 Å². The van der Waals surface area contributed by atoms with Crippen LogP contribution in [0.2, 0.25) is 0 Å². The highest BCUT2D eigenvalue weighted by molar-refractivity contribution is 6.06. The van der Waals surface area contributed by atoms with Gasteiger partial charge >= 0.3 is 0 Å². The molecule has 0 unspecified atom stereocenters. The molecule has 2 aromatic carbocycles. The number of nitrogen functional groups attached to an aromatic ring is 1. The minimum absolute atomic E-state index is 0.0943. The van der Waals surface area contributed by atoms with E-state index in [2.05, 4.69) is 50.2 Å². The van der Waals surface area contributed by atoms with Crippen molar-refractivity contribution in [3.63, 3.8) is 0 Å². The van der Waals surface area contributed by atoms with Crippen molar-refractivity contribution < 1.29 is 4.79 Å². The number of nitrogens with two attached hydrogens (primary N) is 1. The second-order valence-corrected chi connectivity index (χ2v) is 8.70. The summed E-state index contributed by atoms with van der Waals surface area (Å²) in [6, 6.07) is 18.5. The van der Waals surface area contributed by atoms with E-state index < -0.39 is 0 Å². The van der Waals surface area contributed by atoms with Crippen LogP contribution in [-0.2, 0) is 11.3 Å². The number of anilines is 1. The number of unbranched alkanes of at least 4 members (excludes halogenated alkanes) is 1. The topological polar surface area (TPSA) is 85.8 Å². The lowest BCUT2D eigenvalue weighted by atomic mass is 9.88. The summed E-state index contributed by atoms with van der Waals surface area (Å²) in [7, 11) is 0. The van der Waals surface area contributed by atoms with Crippen LogP contribution in [0.1, 0.15) is 43.6 Å². The Labute approximate surface area is 187 Å². The highest BCUT2D eigenvalue weighted by Gasteiger charge is 2.33. The number of hydrogen-bond acceptors (Lipinski definition) is 4. The highest BCUT2D eigenvalue weighted by Crippen LogP contribution is 2.39. The Hall–Kier alpha value is -3.41. The first-order chi connectivity index (χ1) is 15.7. The third-order valence-corrected chi connectivity index (χ3v) is 6.69. The number of rotatable bonds is 7. The fourth-order valence-corrected chi connectivity index (χ4v) is 5.10. The SMILES string of the molecule is Nc1nc2ccccc2c2c1ncn2CCCCNC(=O)[C@@H]1CCC[C@H]1c1ccccc1. The molecule has 6 heteroatoms. The molecule has 1 fully saturated rings. The summed E-state index contributed by atoms with van der Waals surface area (Å²) in [6.07, 6.45) is 6.92. The summed E-state index contributed by atoms with van der Waals surface area (Å²) >= 11 is 0. The number of aromatic nitrogens is 3. The van der Waals surface area contributed by atoms with Crippen molar-refractivity contribution in [1.82, 2.24) is 19.9 Å². The van der Waals surface area contributed by atoms with Crippen LogP contribution in [0.25, 0.3) is 21.9 Å². The molecule has 2 atom stereocenters. The van der Waals surface area contributed by atoms with Crippen molar-refractivity contribution in [2.24, 2.45) is 5.92 Å².